The van der Waals surface area contributed by atoms with Gasteiger partial charge in [-0.3, -0.25) is 4.79 Å². The van der Waals surface area contributed by atoms with Gasteiger partial charge in [-0.1, -0.05) is 11.6 Å². The van der Waals surface area contributed by atoms with Crippen molar-refractivity contribution in [2.45, 2.75) is 32.5 Å². The van der Waals surface area contributed by atoms with E-state index in [4.69, 9.17) is 27.8 Å². The predicted octanol–water partition coefficient (Wildman–Crippen LogP) is 2.02. The fraction of sp³-hybridized carbons (Fsp3) is 0.500. The number of hydrogen-bond donors (Lipinski definition) is 2. The molecule has 2 rings (SSSR count). The molecule has 6 heteroatoms. The zero-order valence-electron chi connectivity index (χ0n) is 11.9. The third-order valence-corrected chi connectivity index (χ3v) is 3.52. The number of amides is 1. The molecule has 1 fully saturated rings. The number of anilines is 2. The molecule has 0 radical (unpaired) electrons. The van der Waals surface area contributed by atoms with Crippen LogP contribution in [0.5, 0.6) is 0 Å². The average molecular weight is 298 g/mol. The van der Waals surface area contributed by atoms with Crippen LogP contribution in [0.15, 0.2) is 12.1 Å². The number of ether oxygens (including phenoxy) is 1. The van der Waals surface area contributed by atoms with Crippen LogP contribution in [0.1, 0.15) is 31.1 Å². The molecule has 0 aromatic heterocycles. The van der Waals surface area contributed by atoms with Crippen LogP contribution in [-0.4, -0.2) is 30.7 Å². The zero-order valence-corrected chi connectivity index (χ0v) is 12.7. The van der Waals surface area contributed by atoms with E-state index in [1.807, 2.05) is 25.7 Å². The number of morpholine rings is 1. The second-order valence-electron chi connectivity index (χ2n) is 5.83. The van der Waals surface area contributed by atoms with Gasteiger partial charge in [0.2, 0.25) is 0 Å². The van der Waals surface area contributed by atoms with Crippen molar-refractivity contribution in [2.75, 3.05) is 23.7 Å². The first-order valence-corrected chi connectivity index (χ1v) is 6.89. The molecular formula is C14H20ClN3O2. The minimum atomic E-state index is -0.536. The fourth-order valence-electron chi connectivity index (χ4n) is 2.75. The molecular weight excluding hydrogens is 278 g/mol. The molecule has 0 saturated carbocycles. The Morgan fingerprint density at radius 1 is 1.50 bits per heavy atom. The number of halogens is 1. The van der Waals surface area contributed by atoms with Crippen LogP contribution in [0.4, 0.5) is 11.4 Å². The Bertz CT molecular complexity index is 545. The second kappa shape index (κ2) is 5.14. The molecule has 20 heavy (non-hydrogen) atoms. The number of rotatable bonds is 2. The summed E-state index contributed by atoms with van der Waals surface area (Å²) in [6, 6.07) is 3.20. The van der Waals surface area contributed by atoms with Crippen molar-refractivity contribution in [2.24, 2.45) is 5.73 Å². The van der Waals surface area contributed by atoms with E-state index < -0.39 is 5.91 Å². The third kappa shape index (κ3) is 2.99. The highest BCUT2D eigenvalue weighted by atomic mass is 35.5. The van der Waals surface area contributed by atoms with Gasteiger partial charge >= 0.3 is 0 Å². The lowest BCUT2D eigenvalue weighted by atomic mass is 10.0. The minimum absolute atomic E-state index is 0.0353. The SMILES string of the molecule is CC1CN(c2c(Cl)cc(N)cc2C(N)=O)CC(C)(C)O1. The van der Waals surface area contributed by atoms with Crippen LogP contribution < -0.4 is 16.4 Å². The van der Waals surface area contributed by atoms with Gasteiger partial charge in [0.25, 0.3) is 5.91 Å². The number of hydrogen-bond acceptors (Lipinski definition) is 4. The number of primary amides is 1. The number of carbonyl (C=O) groups excluding carboxylic acids is 1. The summed E-state index contributed by atoms with van der Waals surface area (Å²) in [5, 5.41) is 0.434. The summed E-state index contributed by atoms with van der Waals surface area (Å²) in [7, 11) is 0. The van der Waals surface area contributed by atoms with Gasteiger partial charge in [0.05, 0.1) is 28.0 Å². The third-order valence-electron chi connectivity index (χ3n) is 3.24. The van der Waals surface area contributed by atoms with E-state index in [1.54, 1.807) is 12.1 Å². The van der Waals surface area contributed by atoms with Gasteiger partial charge in [-0.25, -0.2) is 0 Å². The maximum absolute atomic E-state index is 11.7. The Kier molecular flexibility index (Phi) is 3.84. The lowest BCUT2D eigenvalue weighted by Gasteiger charge is -2.43. The Labute approximate surface area is 123 Å². The standard InChI is InChI=1S/C14H20ClN3O2/c1-8-6-18(7-14(2,3)20-8)12-10(13(17)19)4-9(16)5-11(12)15/h4-5,8H,6-7,16H2,1-3H3,(H2,17,19). The Balaban J connectivity index is 2.49. The summed E-state index contributed by atoms with van der Waals surface area (Å²) in [5.41, 5.74) is 12.3. The van der Waals surface area contributed by atoms with E-state index >= 15 is 0 Å². The molecule has 1 amide bonds. The second-order valence-corrected chi connectivity index (χ2v) is 6.24. The highest BCUT2D eigenvalue weighted by Crippen LogP contribution is 2.35. The number of benzene rings is 1. The molecule has 0 spiro atoms. The fourth-order valence-corrected chi connectivity index (χ4v) is 3.10. The van der Waals surface area contributed by atoms with Crippen LogP contribution in [0.25, 0.3) is 0 Å². The van der Waals surface area contributed by atoms with E-state index in [2.05, 4.69) is 0 Å². The first-order valence-electron chi connectivity index (χ1n) is 6.51. The molecule has 0 aliphatic carbocycles. The molecule has 5 nitrogen and oxygen atoms in total. The van der Waals surface area contributed by atoms with Gasteiger partial charge in [0.15, 0.2) is 0 Å². The van der Waals surface area contributed by atoms with Crippen molar-refractivity contribution >= 4 is 28.9 Å². The van der Waals surface area contributed by atoms with Crippen molar-refractivity contribution in [3.05, 3.63) is 22.7 Å². The van der Waals surface area contributed by atoms with Gasteiger partial charge in [-0.05, 0) is 32.9 Å². The summed E-state index contributed by atoms with van der Waals surface area (Å²) in [6.07, 6.45) is 0.0353. The molecule has 1 aromatic carbocycles. The molecule has 1 atom stereocenters. The van der Waals surface area contributed by atoms with Gasteiger partial charge in [-0.15, -0.1) is 0 Å². The largest absolute Gasteiger partial charge is 0.399 e. The molecule has 1 unspecified atom stereocenters. The normalized spacial score (nSPS) is 21.8. The van der Waals surface area contributed by atoms with Crippen LogP contribution in [0.2, 0.25) is 5.02 Å². The first kappa shape index (κ1) is 14.9. The number of carbonyl (C=O) groups is 1. The van der Waals surface area contributed by atoms with E-state index in [0.29, 0.717) is 35.1 Å². The number of nitrogens with zero attached hydrogens (tertiary/aromatic N) is 1. The smallest absolute Gasteiger partial charge is 0.250 e. The van der Waals surface area contributed by atoms with E-state index in [9.17, 15) is 4.79 Å². The quantitative estimate of drug-likeness (QED) is 0.818. The Morgan fingerprint density at radius 2 is 2.15 bits per heavy atom. The molecule has 1 saturated heterocycles. The summed E-state index contributed by atoms with van der Waals surface area (Å²) in [6.45, 7) is 7.27. The molecule has 110 valence electrons. The summed E-state index contributed by atoms with van der Waals surface area (Å²) < 4.78 is 5.86. The molecule has 1 heterocycles. The van der Waals surface area contributed by atoms with Crippen molar-refractivity contribution in [3.8, 4) is 0 Å². The van der Waals surface area contributed by atoms with E-state index in [-0.39, 0.29) is 11.7 Å². The molecule has 1 aromatic rings. The van der Waals surface area contributed by atoms with Gasteiger partial charge in [0, 0.05) is 18.8 Å². The van der Waals surface area contributed by atoms with Crippen LogP contribution in [0.3, 0.4) is 0 Å². The zero-order chi connectivity index (χ0) is 15.1. The highest BCUT2D eigenvalue weighted by Gasteiger charge is 2.33. The van der Waals surface area contributed by atoms with Crippen molar-refractivity contribution in [3.63, 3.8) is 0 Å². The maximum Gasteiger partial charge on any atom is 0.250 e. The molecule has 1 aliphatic heterocycles. The highest BCUT2D eigenvalue weighted by molar-refractivity contribution is 6.34. The molecule has 0 bridgehead atoms. The summed E-state index contributed by atoms with van der Waals surface area (Å²) in [4.78, 5) is 13.7. The predicted molar refractivity (Wildman–Crippen MR) is 81.2 cm³/mol. The van der Waals surface area contributed by atoms with Crippen LogP contribution in [-0.2, 0) is 4.74 Å². The average Bonchev–Trinajstić information content (AvgIpc) is 2.24. The van der Waals surface area contributed by atoms with Crippen LogP contribution >= 0.6 is 11.6 Å². The van der Waals surface area contributed by atoms with Crippen molar-refractivity contribution in [1.82, 2.24) is 0 Å². The molecule has 4 N–H and O–H groups in total. The van der Waals surface area contributed by atoms with Gasteiger partial charge in [0.1, 0.15) is 0 Å². The minimum Gasteiger partial charge on any atom is -0.399 e. The Morgan fingerprint density at radius 3 is 2.70 bits per heavy atom. The first-order chi connectivity index (χ1) is 9.19. The lowest BCUT2D eigenvalue weighted by molar-refractivity contribution is -0.0749. The topological polar surface area (TPSA) is 81.6 Å². The monoisotopic (exact) mass is 297 g/mol. The maximum atomic E-state index is 11.7. The summed E-state index contributed by atoms with van der Waals surface area (Å²) >= 11 is 6.28. The van der Waals surface area contributed by atoms with Crippen LogP contribution in [0, 0.1) is 0 Å². The number of nitrogens with two attached hydrogens (primary N) is 2. The van der Waals surface area contributed by atoms with E-state index in [0.717, 1.165) is 0 Å². The van der Waals surface area contributed by atoms with Crippen molar-refractivity contribution in [1.29, 1.82) is 0 Å². The van der Waals surface area contributed by atoms with E-state index in [1.165, 1.54) is 0 Å². The van der Waals surface area contributed by atoms with Gasteiger partial charge in [-0.2, -0.15) is 0 Å². The lowest BCUT2D eigenvalue weighted by Crippen LogP contribution is -2.52. The molecule has 1 aliphatic rings. The summed E-state index contributed by atoms with van der Waals surface area (Å²) in [5.74, 6) is -0.536. The van der Waals surface area contributed by atoms with Gasteiger partial charge < -0.3 is 21.1 Å². The van der Waals surface area contributed by atoms with Crippen molar-refractivity contribution < 1.29 is 9.53 Å². The number of nitrogen functional groups attached to an aromatic ring is 1. The Hall–Kier alpha value is -1.46.